The quantitative estimate of drug-likeness (QED) is 0.869. The summed E-state index contributed by atoms with van der Waals surface area (Å²) in [6.45, 7) is 1.56. The second kappa shape index (κ2) is 6.03. The molecule has 1 unspecified atom stereocenters. The number of aliphatic hydroxyl groups excluding tert-OH is 1. The van der Waals surface area contributed by atoms with Gasteiger partial charge in [0.05, 0.1) is 13.2 Å². The molecule has 3 nitrogen and oxygen atoms in total. The van der Waals surface area contributed by atoms with E-state index in [9.17, 15) is 5.11 Å². The predicted molar refractivity (Wildman–Crippen MR) is 66.2 cm³/mol. The maximum Gasteiger partial charge on any atom is 0.118 e. The van der Waals surface area contributed by atoms with Crippen LogP contribution in [-0.4, -0.2) is 31.5 Å². The van der Waals surface area contributed by atoms with Gasteiger partial charge in [-0.2, -0.15) is 0 Å². The third-order valence-electron chi connectivity index (χ3n) is 3.41. The Morgan fingerprint density at radius 1 is 1.29 bits per heavy atom. The minimum absolute atomic E-state index is 0.257. The molecule has 0 aromatic heterocycles. The second-order valence-corrected chi connectivity index (χ2v) is 4.57. The van der Waals surface area contributed by atoms with Gasteiger partial charge in [-0.25, -0.2) is 0 Å². The molecule has 0 radical (unpaired) electrons. The fourth-order valence-corrected chi connectivity index (χ4v) is 2.27. The van der Waals surface area contributed by atoms with Gasteiger partial charge < -0.3 is 14.6 Å². The molecule has 1 N–H and O–H groups in total. The van der Waals surface area contributed by atoms with Crippen molar-refractivity contribution in [2.24, 2.45) is 5.92 Å². The van der Waals surface area contributed by atoms with Gasteiger partial charge in [0, 0.05) is 13.2 Å². The van der Waals surface area contributed by atoms with Gasteiger partial charge in [-0.15, -0.1) is 0 Å². The Kier molecular flexibility index (Phi) is 4.40. The Morgan fingerprint density at radius 3 is 2.53 bits per heavy atom. The van der Waals surface area contributed by atoms with E-state index in [1.165, 1.54) is 0 Å². The van der Waals surface area contributed by atoms with Gasteiger partial charge in [0.15, 0.2) is 0 Å². The fourth-order valence-electron chi connectivity index (χ4n) is 2.27. The van der Waals surface area contributed by atoms with Gasteiger partial charge >= 0.3 is 0 Å². The van der Waals surface area contributed by atoms with Crippen LogP contribution in [-0.2, 0) is 11.2 Å². The van der Waals surface area contributed by atoms with Crippen molar-refractivity contribution in [1.82, 2.24) is 0 Å². The first-order chi connectivity index (χ1) is 8.29. The van der Waals surface area contributed by atoms with E-state index in [4.69, 9.17) is 9.47 Å². The Bertz CT molecular complexity index is 328. The molecule has 1 atom stereocenters. The van der Waals surface area contributed by atoms with Crippen molar-refractivity contribution < 1.29 is 14.6 Å². The third kappa shape index (κ3) is 3.45. The van der Waals surface area contributed by atoms with Gasteiger partial charge in [-0.3, -0.25) is 0 Å². The SMILES string of the molecule is COc1ccc(CC(O)C2CCOCC2)cc1. The van der Waals surface area contributed by atoms with Crippen molar-refractivity contribution in [3.63, 3.8) is 0 Å². The number of aliphatic hydroxyl groups is 1. The maximum absolute atomic E-state index is 10.2. The molecule has 0 bridgehead atoms. The summed E-state index contributed by atoms with van der Waals surface area (Å²) in [4.78, 5) is 0. The van der Waals surface area contributed by atoms with E-state index in [1.807, 2.05) is 24.3 Å². The zero-order valence-electron chi connectivity index (χ0n) is 10.3. The van der Waals surface area contributed by atoms with Crippen LogP contribution in [0.1, 0.15) is 18.4 Å². The number of rotatable bonds is 4. The van der Waals surface area contributed by atoms with E-state index in [1.54, 1.807) is 7.11 Å². The van der Waals surface area contributed by atoms with Crippen molar-refractivity contribution >= 4 is 0 Å². The molecule has 1 aromatic rings. The molecule has 2 rings (SSSR count). The van der Waals surface area contributed by atoms with Crippen molar-refractivity contribution in [2.45, 2.75) is 25.4 Å². The summed E-state index contributed by atoms with van der Waals surface area (Å²) in [7, 11) is 1.66. The molecule has 94 valence electrons. The van der Waals surface area contributed by atoms with E-state index < -0.39 is 0 Å². The zero-order valence-corrected chi connectivity index (χ0v) is 10.3. The van der Waals surface area contributed by atoms with E-state index in [-0.39, 0.29) is 6.10 Å². The lowest BCUT2D eigenvalue weighted by atomic mass is 9.90. The van der Waals surface area contributed by atoms with E-state index in [0.29, 0.717) is 12.3 Å². The number of benzene rings is 1. The fraction of sp³-hybridized carbons (Fsp3) is 0.571. The molecule has 3 heteroatoms. The van der Waals surface area contributed by atoms with Crippen LogP contribution in [0.5, 0.6) is 5.75 Å². The molecule has 1 heterocycles. The van der Waals surface area contributed by atoms with Crippen molar-refractivity contribution in [3.8, 4) is 5.75 Å². The van der Waals surface area contributed by atoms with Gasteiger partial charge in [0.2, 0.25) is 0 Å². The topological polar surface area (TPSA) is 38.7 Å². The lowest BCUT2D eigenvalue weighted by Crippen LogP contribution is -2.28. The van der Waals surface area contributed by atoms with E-state index >= 15 is 0 Å². The first kappa shape index (κ1) is 12.4. The second-order valence-electron chi connectivity index (χ2n) is 4.57. The van der Waals surface area contributed by atoms with Crippen LogP contribution >= 0.6 is 0 Å². The molecule has 1 aliphatic rings. The number of methoxy groups -OCH3 is 1. The number of hydrogen-bond acceptors (Lipinski definition) is 3. The van der Waals surface area contributed by atoms with Crippen LogP contribution < -0.4 is 4.74 Å². The van der Waals surface area contributed by atoms with Gasteiger partial charge in [-0.05, 0) is 42.9 Å². The lowest BCUT2D eigenvalue weighted by Gasteiger charge is -2.26. The molecule has 1 aromatic carbocycles. The molecule has 0 aliphatic carbocycles. The van der Waals surface area contributed by atoms with Crippen molar-refractivity contribution in [1.29, 1.82) is 0 Å². The Morgan fingerprint density at radius 2 is 1.94 bits per heavy atom. The molecular formula is C14H20O3. The molecule has 0 spiro atoms. The van der Waals surface area contributed by atoms with Crippen LogP contribution in [0.2, 0.25) is 0 Å². The third-order valence-corrected chi connectivity index (χ3v) is 3.41. The predicted octanol–water partition coefficient (Wildman–Crippen LogP) is 2.03. The molecule has 1 aliphatic heterocycles. The maximum atomic E-state index is 10.2. The van der Waals surface area contributed by atoms with Crippen molar-refractivity contribution in [2.75, 3.05) is 20.3 Å². The van der Waals surface area contributed by atoms with Gasteiger partial charge in [-0.1, -0.05) is 12.1 Å². The largest absolute Gasteiger partial charge is 0.497 e. The first-order valence-corrected chi connectivity index (χ1v) is 6.18. The lowest BCUT2D eigenvalue weighted by molar-refractivity contribution is 0.00839. The number of ether oxygens (including phenoxy) is 2. The summed E-state index contributed by atoms with van der Waals surface area (Å²) >= 11 is 0. The van der Waals surface area contributed by atoms with Crippen LogP contribution in [0.25, 0.3) is 0 Å². The Labute approximate surface area is 102 Å². The van der Waals surface area contributed by atoms with Crippen LogP contribution in [0.15, 0.2) is 24.3 Å². The Hall–Kier alpha value is -1.06. The molecule has 17 heavy (non-hydrogen) atoms. The summed E-state index contributed by atoms with van der Waals surface area (Å²) in [5.41, 5.74) is 1.16. The van der Waals surface area contributed by atoms with E-state index in [2.05, 4.69) is 0 Å². The van der Waals surface area contributed by atoms with Crippen LogP contribution in [0, 0.1) is 5.92 Å². The summed E-state index contributed by atoms with van der Waals surface area (Å²) in [5.74, 6) is 1.24. The zero-order chi connectivity index (χ0) is 12.1. The number of hydrogen-bond donors (Lipinski definition) is 1. The summed E-state index contributed by atoms with van der Waals surface area (Å²) in [5, 5.41) is 10.2. The highest BCUT2D eigenvalue weighted by Gasteiger charge is 2.22. The van der Waals surface area contributed by atoms with Gasteiger partial charge in [0.1, 0.15) is 5.75 Å². The highest BCUT2D eigenvalue weighted by molar-refractivity contribution is 5.27. The average molecular weight is 236 g/mol. The van der Waals surface area contributed by atoms with Crippen LogP contribution in [0.3, 0.4) is 0 Å². The summed E-state index contributed by atoms with van der Waals surface area (Å²) in [6.07, 6.45) is 2.40. The molecular weight excluding hydrogens is 216 g/mol. The van der Waals surface area contributed by atoms with Crippen LogP contribution in [0.4, 0.5) is 0 Å². The molecule has 1 fully saturated rings. The average Bonchev–Trinajstić information content (AvgIpc) is 2.40. The monoisotopic (exact) mass is 236 g/mol. The Balaban J connectivity index is 1.89. The highest BCUT2D eigenvalue weighted by Crippen LogP contribution is 2.22. The smallest absolute Gasteiger partial charge is 0.118 e. The standard InChI is InChI=1S/C14H20O3/c1-16-13-4-2-11(3-5-13)10-14(15)12-6-8-17-9-7-12/h2-5,12,14-15H,6-10H2,1H3. The van der Waals surface area contributed by atoms with Gasteiger partial charge in [0.25, 0.3) is 0 Å². The molecule has 1 saturated heterocycles. The summed E-state index contributed by atoms with van der Waals surface area (Å²) < 4.78 is 10.4. The highest BCUT2D eigenvalue weighted by atomic mass is 16.5. The molecule has 0 saturated carbocycles. The minimum Gasteiger partial charge on any atom is -0.497 e. The molecule has 0 amide bonds. The normalized spacial score (nSPS) is 18.9. The minimum atomic E-state index is -0.257. The van der Waals surface area contributed by atoms with E-state index in [0.717, 1.165) is 37.4 Å². The first-order valence-electron chi connectivity index (χ1n) is 6.18. The summed E-state index contributed by atoms with van der Waals surface area (Å²) in [6, 6.07) is 7.90. The van der Waals surface area contributed by atoms with Crippen molar-refractivity contribution in [3.05, 3.63) is 29.8 Å².